The molecule has 0 aliphatic heterocycles. The number of nitrogen functional groups attached to an aromatic ring is 1. The van der Waals surface area contributed by atoms with E-state index in [1.165, 1.54) is 11.8 Å². The first-order valence-corrected chi connectivity index (χ1v) is 6.85. The van der Waals surface area contributed by atoms with Crippen molar-refractivity contribution in [3.8, 4) is 0 Å². The van der Waals surface area contributed by atoms with Gasteiger partial charge in [-0.3, -0.25) is 0 Å². The second-order valence-electron chi connectivity index (χ2n) is 3.42. The van der Waals surface area contributed by atoms with Crippen molar-refractivity contribution in [2.24, 2.45) is 0 Å². The van der Waals surface area contributed by atoms with Crippen molar-refractivity contribution in [1.82, 2.24) is 9.97 Å². The number of nitrogens with zero attached hydrogens (tertiary/aromatic N) is 2. The summed E-state index contributed by atoms with van der Waals surface area (Å²) in [6, 6.07) is 5.47. The van der Waals surface area contributed by atoms with Crippen LogP contribution in [0.4, 0.5) is 5.69 Å². The van der Waals surface area contributed by atoms with E-state index in [0.29, 0.717) is 10.9 Å². The molecule has 0 saturated carbocycles. The van der Waals surface area contributed by atoms with E-state index in [2.05, 4.69) is 9.97 Å². The Morgan fingerprint density at radius 2 is 2.35 bits per heavy atom. The smallest absolute Gasteiger partial charge is 0.257 e. The Morgan fingerprint density at radius 3 is 3.18 bits per heavy atom. The van der Waals surface area contributed by atoms with E-state index in [4.69, 9.17) is 10.2 Å². The number of oxazole rings is 1. The minimum Gasteiger partial charge on any atom is -0.431 e. The van der Waals surface area contributed by atoms with E-state index in [1.807, 2.05) is 17.5 Å². The van der Waals surface area contributed by atoms with Gasteiger partial charge < -0.3 is 10.2 Å². The minimum absolute atomic E-state index is 0.654. The van der Waals surface area contributed by atoms with Crippen molar-refractivity contribution in [3.63, 3.8) is 0 Å². The first-order chi connectivity index (χ1) is 8.31. The number of anilines is 1. The van der Waals surface area contributed by atoms with Gasteiger partial charge in [-0.05, 0) is 12.1 Å². The van der Waals surface area contributed by atoms with Crippen molar-refractivity contribution in [1.29, 1.82) is 0 Å². The Labute approximate surface area is 106 Å². The molecule has 0 fully saturated rings. The molecule has 4 nitrogen and oxygen atoms in total. The van der Waals surface area contributed by atoms with Crippen LogP contribution < -0.4 is 5.73 Å². The van der Waals surface area contributed by atoms with E-state index < -0.39 is 0 Å². The molecule has 3 rings (SSSR count). The normalized spacial score (nSPS) is 11.1. The third-order valence-corrected chi connectivity index (χ3v) is 4.00. The molecule has 2 aromatic heterocycles. The minimum atomic E-state index is 0.654. The molecule has 0 radical (unpaired) electrons. The zero-order valence-corrected chi connectivity index (χ0v) is 10.4. The molecule has 0 amide bonds. The summed E-state index contributed by atoms with van der Waals surface area (Å²) in [5.41, 5.74) is 7.93. The maximum absolute atomic E-state index is 5.68. The zero-order valence-electron chi connectivity index (χ0n) is 8.79. The van der Waals surface area contributed by atoms with Crippen molar-refractivity contribution in [2.45, 2.75) is 11.0 Å². The van der Waals surface area contributed by atoms with Crippen molar-refractivity contribution >= 4 is 39.9 Å². The highest BCUT2D eigenvalue weighted by molar-refractivity contribution is 7.98. The molecule has 1 aromatic carbocycles. The van der Waals surface area contributed by atoms with Crippen LogP contribution in [0.2, 0.25) is 0 Å². The molecule has 0 unspecified atom stereocenters. The number of nitrogens with two attached hydrogens (primary N) is 1. The number of thioether (sulfide) groups is 1. The number of benzene rings is 1. The monoisotopic (exact) mass is 263 g/mol. The molecular formula is C11H9N3OS2. The molecule has 2 heterocycles. The van der Waals surface area contributed by atoms with Gasteiger partial charge >= 0.3 is 0 Å². The highest BCUT2D eigenvalue weighted by atomic mass is 32.2. The largest absolute Gasteiger partial charge is 0.431 e. The molecule has 0 aliphatic carbocycles. The molecule has 3 aromatic rings. The van der Waals surface area contributed by atoms with Gasteiger partial charge in [-0.25, -0.2) is 9.97 Å². The van der Waals surface area contributed by atoms with Gasteiger partial charge in [-0.15, -0.1) is 11.3 Å². The summed E-state index contributed by atoms with van der Waals surface area (Å²) < 4.78 is 5.60. The molecule has 86 valence electrons. The van der Waals surface area contributed by atoms with Gasteiger partial charge in [0.25, 0.3) is 5.22 Å². The first kappa shape index (κ1) is 10.6. The lowest BCUT2D eigenvalue weighted by Gasteiger charge is -1.91. The van der Waals surface area contributed by atoms with E-state index in [0.717, 1.165) is 21.9 Å². The molecule has 2 N–H and O–H groups in total. The van der Waals surface area contributed by atoms with Crippen LogP contribution in [0.3, 0.4) is 0 Å². The summed E-state index contributed by atoms with van der Waals surface area (Å²) in [6.45, 7) is 0. The van der Waals surface area contributed by atoms with Crippen LogP contribution in [0.25, 0.3) is 11.1 Å². The van der Waals surface area contributed by atoms with Crippen molar-refractivity contribution in [3.05, 3.63) is 34.8 Å². The van der Waals surface area contributed by atoms with Gasteiger partial charge in [0.2, 0.25) is 0 Å². The topological polar surface area (TPSA) is 64.9 Å². The molecule has 0 bridgehead atoms. The van der Waals surface area contributed by atoms with Crippen LogP contribution in [0.15, 0.2) is 39.4 Å². The SMILES string of the molecule is Nc1ccc2nc(SCc3nccs3)oc2c1. The first-order valence-electron chi connectivity index (χ1n) is 4.98. The fourth-order valence-electron chi connectivity index (χ4n) is 1.43. The third-order valence-electron chi connectivity index (χ3n) is 2.20. The maximum Gasteiger partial charge on any atom is 0.257 e. The molecule has 0 saturated heterocycles. The quantitative estimate of drug-likeness (QED) is 0.581. The lowest BCUT2D eigenvalue weighted by molar-refractivity contribution is 0.489. The lowest BCUT2D eigenvalue weighted by Crippen LogP contribution is -1.81. The number of aromatic nitrogens is 2. The number of hydrogen-bond donors (Lipinski definition) is 1. The maximum atomic E-state index is 5.68. The van der Waals surface area contributed by atoms with Gasteiger partial charge in [0.15, 0.2) is 5.58 Å². The highest BCUT2D eigenvalue weighted by Gasteiger charge is 2.07. The molecule has 0 spiro atoms. The number of hydrogen-bond acceptors (Lipinski definition) is 6. The van der Waals surface area contributed by atoms with Crippen LogP contribution in [0.1, 0.15) is 5.01 Å². The van der Waals surface area contributed by atoms with Gasteiger partial charge in [-0.2, -0.15) is 0 Å². The molecule has 17 heavy (non-hydrogen) atoms. The number of rotatable bonds is 3. The van der Waals surface area contributed by atoms with E-state index >= 15 is 0 Å². The summed E-state index contributed by atoms with van der Waals surface area (Å²) in [6.07, 6.45) is 1.80. The van der Waals surface area contributed by atoms with Gasteiger partial charge in [0.05, 0.1) is 5.75 Å². The van der Waals surface area contributed by atoms with Crippen LogP contribution >= 0.6 is 23.1 Å². The van der Waals surface area contributed by atoms with Crippen LogP contribution in [-0.4, -0.2) is 9.97 Å². The number of fused-ring (bicyclic) bond motifs is 1. The number of thiazole rings is 1. The van der Waals surface area contributed by atoms with E-state index in [-0.39, 0.29) is 0 Å². The van der Waals surface area contributed by atoms with Crippen molar-refractivity contribution in [2.75, 3.05) is 5.73 Å². The fourth-order valence-corrected chi connectivity index (χ4v) is 2.91. The standard InChI is InChI=1S/C11H9N3OS2/c12-7-1-2-8-9(5-7)15-11(14-8)17-6-10-13-3-4-16-10/h1-5H,6,12H2. The summed E-state index contributed by atoms with van der Waals surface area (Å²) >= 11 is 3.17. The fraction of sp³-hybridized carbons (Fsp3) is 0.0909. The Hall–Kier alpha value is -1.53. The Balaban J connectivity index is 1.81. The van der Waals surface area contributed by atoms with E-state index in [9.17, 15) is 0 Å². The Bertz CT molecular complexity index is 633. The molecule has 0 atom stereocenters. The van der Waals surface area contributed by atoms with Crippen LogP contribution in [0, 0.1) is 0 Å². The molecular weight excluding hydrogens is 254 g/mol. The third kappa shape index (κ3) is 2.27. The second-order valence-corrected chi connectivity index (χ2v) is 5.33. The molecule has 0 aliphatic rings. The molecule has 6 heteroatoms. The average Bonchev–Trinajstić information content (AvgIpc) is 2.94. The summed E-state index contributed by atoms with van der Waals surface area (Å²) in [7, 11) is 0. The predicted molar refractivity (Wildman–Crippen MR) is 70.1 cm³/mol. The summed E-state index contributed by atoms with van der Waals surface area (Å²) in [5, 5.41) is 3.68. The van der Waals surface area contributed by atoms with Crippen molar-refractivity contribution < 1.29 is 4.42 Å². The summed E-state index contributed by atoms with van der Waals surface area (Å²) in [4.78, 5) is 8.58. The second kappa shape index (κ2) is 4.38. The van der Waals surface area contributed by atoms with E-state index in [1.54, 1.807) is 23.6 Å². The lowest BCUT2D eigenvalue weighted by atomic mass is 10.3. The highest BCUT2D eigenvalue weighted by Crippen LogP contribution is 2.27. The van der Waals surface area contributed by atoms with Crippen LogP contribution in [0.5, 0.6) is 0 Å². The Kier molecular flexibility index (Phi) is 2.74. The average molecular weight is 263 g/mol. The van der Waals surface area contributed by atoms with Crippen LogP contribution in [-0.2, 0) is 5.75 Å². The van der Waals surface area contributed by atoms with Gasteiger partial charge in [0.1, 0.15) is 10.5 Å². The predicted octanol–water partition coefficient (Wildman–Crippen LogP) is 3.16. The van der Waals surface area contributed by atoms with Gasteiger partial charge in [-0.1, -0.05) is 11.8 Å². The summed E-state index contributed by atoms with van der Waals surface area (Å²) in [5.74, 6) is 0.778. The van der Waals surface area contributed by atoms with Gasteiger partial charge in [0, 0.05) is 23.3 Å². The zero-order chi connectivity index (χ0) is 11.7. The Morgan fingerprint density at radius 1 is 1.41 bits per heavy atom.